The molecular weight excluding hydrogens is 304 g/mol. The number of carbonyl (C=O) groups is 2. The van der Waals surface area contributed by atoms with Crippen LogP contribution in [0.2, 0.25) is 0 Å². The highest BCUT2D eigenvalue weighted by molar-refractivity contribution is 5.88. The van der Waals surface area contributed by atoms with Crippen molar-refractivity contribution in [1.82, 2.24) is 9.80 Å². The summed E-state index contributed by atoms with van der Waals surface area (Å²) < 4.78 is 0. The van der Waals surface area contributed by atoms with Gasteiger partial charge in [0.15, 0.2) is 0 Å². The van der Waals surface area contributed by atoms with Gasteiger partial charge in [0.1, 0.15) is 6.04 Å². The normalized spacial score (nSPS) is 23.7. The number of nitrogens with zero attached hydrogens (tertiary/aromatic N) is 2. The van der Waals surface area contributed by atoms with Gasteiger partial charge in [-0.3, -0.25) is 9.59 Å². The molecule has 2 atom stereocenters. The van der Waals surface area contributed by atoms with Crippen molar-refractivity contribution in [2.24, 2.45) is 0 Å². The maximum absolute atomic E-state index is 12.6. The molecule has 5 nitrogen and oxygen atoms in total. The summed E-state index contributed by atoms with van der Waals surface area (Å²) in [5.74, 6) is 0.000451. The monoisotopic (exact) mass is 330 g/mol. The van der Waals surface area contributed by atoms with Gasteiger partial charge in [0.2, 0.25) is 11.8 Å². The van der Waals surface area contributed by atoms with Crippen LogP contribution in [-0.4, -0.2) is 58.5 Å². The van der Waals surface area contributed by atoms with E-state index in [4.69, 9.17) is 0 Å². The Kier molecular flexibility index (Phi) is 5.51. The van der Waals surface area contributed by atoms with Crippen molar-refractivity contribution < 1.29 is 14.7 Å². The van der Waals surface area contributed by atoms with Crippen LogP contribution in [0.1, 0.15) is 37.7 Å². The SMILES string of the molecule is O=C([C@H]1CC(O)CN1C(=O)CCCc1ccccc1)N1CCCC1. The summed E-state index contributed by atoms with van der Waals surface area (Å²) in [4.78, 5) is 28.6. The fraction of sp³-hybridized carbons (Fsp3) is 0.579. The van der Waals surface area contributed by atoms with Crippen molar-refractivity contribution in [2.45, 2.75) is 50.7 Å². The van der Waals surface area contributed by atoms with E-state index in [0.717, 1.165) is 38.8 Å². The number of benzene rings is 1. The number of hydrogen-bond donors (Lipinski definition) is 1. The van der Waals surface area contributed by atoms with Gasteiger partial charge in [-0.25, -0.2) is 0 Å². The molecule has 3 rings (SSSR count). The highest BCUT2D eigenvalue weighted by Crippen LogP contribution is 2.23. The summed E-state index contributed by atoms with van der Waals surface area (Å²) >= 11 is 0. The quantitative estimate of drug-likeness (QED) is 0.892. The molecule has 0 saturated carbocycles. The van der Waals surface area contributed by atoms with E-state index in [9.17, 15) is 14.7 Å². The predicted octanol–water partition coefficient (Wildman–Crippen LogP) is 1.59. The van der Waals surface area contributed by atoms with E-state index in [1.165, 1.54) is 5.56 Å². The minimum atomic E-state index is -0.584. The van der Waals surface area contributed by atoms with Crippen LogP contribution in [0.3, 0.4) is 0 Å². The van der Waals surface area contributed by atoms with Gasteiger partial charge >= 0.3 is 0 Å². The van der Waals surface area contributed by atoms with Crippen molar-refractivity contribution in [1.29, 1.82) is 0 Å². The van der Waals surface area contributed by atoms with Gasteiger partial charge in [0, 0.05) is 32.5 Å². The third kappa shape index (κ3) is 3.96. The average molecular weight is 330 g/mol. The van der Waals surface area contributed by atoms with Crippen molar-refractivity contribution >= 4 is 11.8 Å². The summed E-state index contributed by atoms with van der Waals surface area (Å²) in [7, 11) is 0. The maximum atomic E-state index is 12.6. The Labute approximate surface area is 143 Å². The molecule has 2 aliphatic heterocycles. The fourth-order valence-corrected chi connectivity index (χ4v) is 3.70. The van der Waals surface area contributed by atoms with E-state index in [1.54, 1.807) is 4.90 Å². The Morgan fingerprint density at radius 3 is 2.54 bits per heavy atom. The van der Waals surface area contributed by atoms with E-state index in [-0.39, 0.29) is 18.4 Å². The van der Waals surface area contributed by atoms with Crippen LogP contribution in [0, 0.1) is 0 Å². The highest BCUT2D eigenvalue weighted by Gasteiger charge is 2.40. The molecule has 1 unspecified atom stereocenters. The number of aliphatic hydroxyl groups excluding tert-OH is 1. The van der Waals surface area contributed by atoms with Crippen LogP contribution in [-0.2, 0) is 16.0 Å². The first-order chi connectivity index (χ1) is 11.6. The van der Waals surface area contributed by atoms with Crippen molar-refractivity contribution in [3.63, 3.8) is 0 Å². The van der Waals surface area contributed by atoms with Gasteiger partial charge in [0.25, 0.3) is 0 Å². The van der Waals surface area contributed by atoms with Crippen LogP contribution < -0.4 is 0 Å². The van der Waals surface area contributed by atoms with Crippen LogP contribution in [0.15, 0.2) is 30.3 Å². The van der Waals surface area contributed by atoms with Crippen LogP contribution in [0.4, 0.5) is 0 Å². The largest absolute Gasteiger partial charge is 0.391 e. The first-order valence-electron chi connectivity index (χ1n) is 8.95. The van der Waals surface area contributed by atoms with E-state index in [2.05, 4.69) is 12.1 Å². The number of aryl methyl sites for hydroxylation is 1. The lowest BCUT2D eigenvalue weighted by Crippen LogP contribution is -2.46. The van der Waals surface area contributed by atoms with E-state index < -0.39 is 12.1 Å². The zero-order chi connectivity index (χ0) is 16.9. The molecule has 1 aromatic carbocycles. The topological polar surface area (TPSA) is 60.9 Å². The van der Waals surface area contributed by atoms with Crippen LogP contribution >= 0.6 is 0 Å². The Morgan fingerprint density at radius 1 is 1.12 bits per heavy atom. The molecule has 130 valence electrons. The summed E-state index contributed by atoms with van der Waals surface area (Å²) in [6, 6.07) is 9.63. The molecule has 0 spiro atoms. The molecule has 2 amide bonds. The van der Waals surface area contributed by atoms with Gasteiger partial charge < -0.3 is 14.9 Å². The lowest BCUT2D eigenvalue weighted by Gasteiger charge is -2.27. The molecule has 0 radical (unpaired) electrons. The summed E-state index contributed by atoms with van der Waals surface area (Å²) in [5.41, 5.74) is 1.22. The zero-order valence-corrected chi connectivity index (χ0v) is 14.1. The number of aliphatic hydroxyl groups is 1. The summed E-state index contributed by atoms with van der Waals surface area (Å²) in [5, 5.41) is 9.95. The number of amides is 2. The molecule has 2 fully saturated rings. The molecular formula is C19H26N2O3. The maximum Gasteiger partial charge on any atom is 0.245 e. The lowest BCUT2D eigenvalue weighted by molar-refractivity contribution is -0.143. The third-order valence-corrected chi connectivity index (χ3v) is 5.00. The summed E-state index contributed by atoms with van der Waals surface area (Å²) in [6.45, 7) is 1.84. The molecule has 24 heavy (non-hydrogen) atoms. The molecule has 5 heteroatoms. The molecule has 0 aromatic heterocycles. The average Bonchev–Trinajstić information content (AvgIpc) is 3.24. The number of carbonyl (C=O) groups excluding carboxylic acids is 2. The van der Waals surface area contributed by atoms with Gasteiger partial charge in [-0.05, 0) is 31.2 Å². The Hall–Kier alpha value is -1.88. The van der Waals surface area contributed by atoms with Gasteiger partial charge in [-0.1, -0.05) is 30.3 Å². The molecule has 1 aromatic rings. The predicted molar refractivity (Wildman–Crippen MR) is 91.3 cm³/mol. The minimum Gasteiger partial charge on any atom is -0.391 e. The van der Waals surface area contributed by atoms with Gasteiger partial charge in [0.05, 0.1) is 6.10 Å². The third-order valence-electron chi connectivity index (χ3n) is 5.00. The molecule has 2 saturated heterocycles. The standard InChI is InChI=1S/C19H26N2O3/c22-16-13-17(19(24)20-11-4-5-12-20)21(14-16)18(23)10-6-9-15-7-2-1-3-8-15/h1-3,7-8,16-17,22H,4-6,9-14H2/t16?,17-/m1/s1. The van der Waals surface area contributed by atoms with E-state index >= 15 is 0 Å². The van der Waals surface area contributed by atoms with E-state index in [1.807, 2.05) is 23.1 Å². The molecule has 1 N–H and O–H groups in total. The molecule has 2 aliphatic rings. The van der Waals surface area contributed by atoms with Crippen LogP contribution in [0.5, 0.6) is 0 Å². The van der Waals surface area contributed by atoms with Crippen molar-refractivity contribution in [3.8, 4) is 0 Å². The smallest absolute Gasteiger partial charge is 0.245 e. The second-order valence-corrected chi connectivity index (χ2v) is 6.82. The fourth-order valence-electron chi connectivity index (χ4n) is 3.70. The number of likely N-dealkylation sites (tertiary alicyclic amines) is 2. The van der Waals surface area contributed by atoms with Crippen LogP contribution in [0.25, 0.3) is 0 Å². The van der Waals surface area contributed by atoms with Gasteiger partial charge in [-0.15, -0.1) is 0 Å². The number of rotatable bonds is 5. The Balaban J connectivity index is 1.54. The first-order valence-corrected chi connectivity index (χ1v) is 8.95. The van der Waals surface area contributed by atoms with E-state index in [0.29, 0.717) is 12.8 Å². The van der Waals surface area contributed by atoms with Crippen molar-refractivity contribution in [3.05, 3.63) is 35.9 Å². The first kappa shape index (κ1) is 17.0. The number of hydrogen-bond acceptors (Lipinski definition) is 3. The zero-order valence-electron chi connectivity index (χ0n) is 14.1. The minimum absolute atomic E-state index is 0.0139. The highest BCUT2D eigenvalue weighted by atomic mass is 16.3. The molecule has 0 bridgehead atoms. The Morgan fingerprint density at radius 2 is 1.83 bits per heavy atom. The molecule has 2 heterocycles. The van der Waals surface area contributed by atoms with Crippen molar-refractivity contribution in [2.75, 3.05) is 19.6 Å². The Bertz CT molecular complexity index is 569. The molecule has 0 aliphatic carbocycles. The van der Waals surface area contributed by atoms with Gasteiger partial charge in [-0.2, -0.15) is 0 Å². The second-order valence-electron chi connectivity index (χ2n) is 6.82. The lowest BCUT2D eigenvalue weighted by atomic mass is 10.1. The second kappa shape index (κ2) is 7.79. The summed E-state index contributed by atoms with van der Waals surface area (Å²) in [6.07, 6.45) is 3.90. The number of β-amino-alcohol motifs (C(OH)–C–C–N with tert-alkyl or cyclic N) is 1.